The molecule has 0 spiro atoms. The number of aryl methyl sites for hydroxylation is 1. The second-order valence-electron chi connectivity index (χ2n) is 2.76. The third-order valence-electron chi connectivity index (χ3n) is 1.85. The van der Waals surface area contributed by atoms with Crippen LogP contribution in [0.3, 0.4) is 0 Å². The van der Waals surface area contributed by atoms with Crippen molar-refractivity contribution >= 4 is 0 Å². The molecule has 0 aliphatic carbocycles. The van der Waals surface area contributed by atoms with E-state index in [0.717, 1.165) is 17.0 Å². The van der Waals surface area contributed by atoms with E-state index in [-0.39, 0.29) is 0 Å². The highest BCUT2D eigenvalue weighted by molar-refractivity contribution is 5.57. The van der Waals surface area contributed by atoms with Gasteiger partial charge in [0.25, 0.3) is 0 Å². The molecule has 2 aromatic rings. The zero-order valence-electron chi connectivity index (χ0n) is 7.31. The van der Waals surface area contributed by atoms with Crippen LogP contribution in [0, 0.1) is 6.92 Å². The van der Waals surface area contributed by atoms with Gasteiger partial charge in [-0.2, -0.15) is 0 Å². The van der Waals surface area contributed by atoms with Crippen molar-refractivity contribution in [1.82, 2.24) is 15.0 Å². The number of rotatable bonds is 1. The van der Waals surface area contributed by atoms with E-state index in [2.05, 4.69) is 15.0 Å². The molecule has 0 amide bonds. The molecule has 2 rings (SSSR count). The van der Waals surface area contributed by atoms with E-state index >= 15 is 0 Å². The first-order valence-corrected chi connectivity index (χ1v) is 4.06. The molecule has 0 radical (unpaired) electrons. The lowest BCUT2D eigenvalue weighted by Gasteiger charge is -2.01. The van der Waals surface area contributed by atoms with Gasteiger partial charge in [-0.1, -0.05) is 0 Å². The highest BCUT2D eigenvalue weighted by Crippen LogP contribution is 2.16. The van der Waals surface area contributed by atoms with Crippen LogP contribution < -0.4 is 0 Å². The van der Waals surface area contributed by atoms with Gasteiger partial charge in [0.15, 0.2) is 5.82 Å². The lowest BCUT2D eigenvalue weighted by Crippen LogP contribution is -1.90. The third kappa shape index (κ3) is 1.54. The average Bonchev–Trinajstić information content (AvgIpc) is 2.20. The van der Waals surface area contributed by atoms with Crippen LogP contribution in [0.5, 0.6) is 0 Å². The van der Waals surface area contributed by atoms with Gasteiger partial charge in [-0.15, -0.1) is 0 Å². The van der Waals surface area contributed by atoms with Gasteiger partial charge in [0, 0.05) is 30.4 Å². The first-order valence-electron chi connectivity index (χ1n) is 4.06. The van der Waals surface area contributed by atoms with Gasteiger partial charge in [-0.05, 0) is 24.6 Å². The van der Waals surface area contributed by atoms with E-state index in [1.807, 2.05) is 13.0 Å². The summed E-state index contributed by atoms with van der Waals surface area (Å²) >= 11 is 0. The molecular weight excluding hydrogens is 162 g/mol. The fourth-order valence-electron chi connectivity index (χ4n) is 1.14. The molecule has 0 aliphatic heterocycles. The molecule has 3 nitrogen and oxygen atoms in total. The Labute approximate surface area is 76.5 Å². The quantitative estimate of drug-likeness (QED) is 0.657. The van der Waals surface area contributed by atoms with E-state index in [1.54, 1.807) is 30.9 Å². The van der Waals surface area contributed by atoms with Gasteiger partial charge in [0.2, 0.25) is 0 Å². The maximum absolute atomic E-state index is 4.16. The van der Waals surface area contributed by atoms with Crippen LogP contribution >= 0.6 is 0 Å². The molecule has 2 heterocycles. The Hall–Kier alpha value is -1.77. The predicted molar refractivity (Wildman–Crippen MR) is 50.0 cm³/mol. The van der Waals surface area contributed by atoms with E-state index in [0.29, 0.717) is 0 Å². The minimum Gasteiger partial charge on any atom is -0.264 e. The van der Waals surface area contributed by atoms with Crippen molar-refractivity contribution in [3.8, 4) is 11.4 Å². The van der Waals surface area contributed by atoms with Gasteiger partial charge in [0.1, 0.15) is 0 Å². The number of pyridine rings is 1. The van der Waals surface area contributed by atoms with Gasteiger partial charge in [0.05, 0.1) is 0 Å². The van der Waals surface area contributed by atoms with E-state index in [1.165, 1.54) is 0 Å². The fourth-order valence-corrected chi connectivity index (χ4v) is 1.14. The number of nitrogens with zero attached hydrogens (tertiary/aromatic N) is 3. The van der Waals surface area contributed by atoms with Gasteiger partial charge < -0.3 is 0 Å². The smallest absolute Gasteiger partial charge is 0.160 e. The molecule has 13 heavy (non-hydrogen) atoms. The molecule has 2 aromatic heterocycles. The molecule has 0 saturated heterocycles. The second-order valence-corrected chi connectivity index (χ2v) is 2.76. The standard InChI is InChI=1S/C10H9N3/c1-8-3-6-11-7-9(8)10-12-4-2-5-13-10/h2-7H,1H3. The SMILES string of the molecule is Cc1ccncc1-c1ncccn1. The number of hydrogen-bond donors (Lipinski definition) is 0. The van der Waals surface area contributed by atoms with Gasteiger partial charge in [-0.3, -0.25) is 4.98 Å². The van der Waals surface area contributed by atoms with Gasteiger partial charge in [-0.25, -0.2) is 9.97 Å². The summed E-state index contributed by atoms with van der Waals surface area (Å²) in [6.45, 7) is 2.02. The summed E-state index contributed by atoms with van der Waals surface area (Å²) < 4.78 is 0. The third-order valence-corrected chi connectivity index (χ3v) is 1.85. The van der Waals surface area contributed by atoms with Crippen LogP contribution in [0.1, 0.15) is 5.56 Å². The normalized spacial score (nSPS) is 9.92. The Kier molecular flexibility index (Phi) is 2.00. The molecule has 3 heteroatoms. The highest BCUT2D eigenvalue weighted by atomic mass is 14.9. The minimum atomic E-state index is 0.730. The Bertz CT molecular complexity index is 398. The van der Waals surface area contributed by atoms with Gasteiger partial charge >= 0.3 is 0 Å². The van der Waals surface area contributed by atoms with Crippen molar-refractivity contribution in [2.75, 3.05) is 0 Å². The van der Waals surface area contributed by atoms with Crippen molar-refractivity contribution in [2.45, 2.75) is 6.92 Å². The summed E-state index contributed by atoms with van der Waals surface area (Å²) in [6, 6.07) is 3.75. The molecule has 0 saturated carbocycles. The summed E-state index contributed by atoms with van der Waals surface area (Å²) in [5.41, 5.74) is 2.13. The molecule has 0 fully saturated rings. The summed E-state index contributed by atoms with van der Waals surface area (Å²) in [5.74, 6) is 0.730. The van der Waals surface area contributed by atoms with Crippen molar-refractivity contribution in [3.05, 3.63) is 42.5 Å². The maximum Gasteiger partial charge on any atom is 0.160 e. The topological polar surface area (TPSA) is 38.7 Å². The summed E-state index contributed by atoms with van der Waals surface area (Å²) in [7, 11) is 0. The zero-order chi connectivity index (χ0) is 9.10. The predicted octanol–water partition coefficient (Wildman–Crippen LogP) is 1.85. The monoisotopic (exact) mass is 171 g/mol. The lowest BCUT2D eigenvalue weighted by atomic mass is 10.1. The Balaban J connectivity index is 2.54. The first kappa shape index (κ1) is 7.86. The second kappa shape index (κ2) is 3.31. The summed E-state index contributed by atoms with van der Waals surface area (Å²) in [6.07, 6.45) is 7.01. The van der Waals surface area contributed by atoms with Crippen molar-refractivity contribution in [1.29, 1.82) is 0 Å². The van der Waals surface area contributed by atoms with Crippen molar-refractivity contribution in [2.24, 2.45) is 0 Å². The Morgan fingerprint density at radius 3 is 2.54 bits per heavy atom. The molecule has 0 atom stereocenters. The minimum absolute atomic E-state index is 0.730. The maximum atomic E-state index is 4.16. The van der Waals surface area contributed by atoms with Crippen molar-refractivity contribution < 1.29 is 0 Å². The summed E-state index contributed by atoms with van der Waals surface area (Å²) in [5, 5.41) is 0. The molecule has 0 unspecified atom stereocenters. The van der Waals surface area contributed by atoms with Crippen molar-refractivity contribution in [3.63, 3.8) is 0 Å². The van der Waals surface area contributed by atoms with Crippen LogP contribution in [0.15, 0.2) is 36.9 Å². The van der Waals surface area contributed by atoms with E-state index < -0.39 is 0 Å². The Morgan fingerprint density at radius 1 is 1.08 bits per heavy atom. The first-order chi connectivity index (χ1) is 6.38. The Morgan fingerprint density at radius 2 is 1.85 bits per heavy atom. The summed E-state index contributed by atoms with van der Waals surface area (Å²) in [4.78, 5) is 12.4. The van der Waals surface area contributed by atoms with Crippen LogP contribution in [0.4, 0.5) is 0 Å². The van der Waals surface area contributed by atoms with E-state index in [9.17, 15) is 0 Å². The van der Waals surface area contributed by atoms with Crippen LogP contribution in [-0.4, -0.2) is 15.0 Å². The zero-order valence-corrected chi connectivity index (χ0v) is 7.31. The molecule has 64 valence electrons. The largest absolute Gasteiger partial charge is 0.264 e. The van der Waals surface area contributed by atoms with Crippen LogP contribution in [-0.2, 0) is 0 Å². The van der Waals surface area contributed by atoms with Crippen LogP contribution in [0.2, 0.25) is 0 Å². The number of aromatic nitrogens is 3. The molecular formula is C10H9N3. The average molecular weight is 171 g/mol. The molecule has 0 aliphatic rings. The lowest BCUT2D eigenvalue weighted by molar-refractivity contribution is 1.15. The van der Waals surface area contributed by atoms with E-state index in [4.69, 9.17) is 0 Å². The molecule has 0 bridgehead atoms. The molecule has 0 N–H and O–H groups in total. The number of hydrogen-bond acceptors (Lipinski definition) is 3. The van der Waals surface area contributed by atoms with Crippen LogP contribution in [0.25, 0.3) is 11.4 Å². The fraction of sp³-hybridized carbons (Fsp3) is 0.100. The highest BCUT2D eigenvalue weighted by Gasteiger charge is 2.02. The molecule has 0 aromatic carbocycles.